The maximum Gasteiger partial charge on any atom is 0.315 e. The Balaban J connectivity index is 1.76. The fourth-order valence-corrected chi connectivity index (χ4v) is 3.23. The van der Waals surface area contributed by atoms with Crippen LogP contribution in [0.2, 0.25) is 0 Å². The minimum Gasteiger partial charge on any atom is -0.344 e. The molecular weight excluding hydrogens is 330 g/mol. The van der Waals surface area contributed by atoms with Gasteiger partial charge in [0.05, 0.1) is 3.79 Å². The molecule has 0 aromatic carbocycles. The van der Waals surface area contributed by atoms with E-state index in [2.05, 4.69) is 26.6 Å². The molecule has 104 valence electrons. The molecule has 0 aliphatic carbocycles. The molecule has 0 saturated carbocycles. The summed E-state index contributed by atoms with van der Waals surface area (Å²) in [5.74, 6) is 0.140. The number of thiophene rings is 1. The molecular formula is C12H16BrN3O2S. The molecule has 1 aliphatic rings. The molecule has 0 spiro atoms. The fraction of sp³-hybridized carbons (Fsp3) is 0.500. The first-order chi connectivity index (χ1) is 9.06. The summed E-state index contributed by atoms with van der Waals surface area (Å²) in [5.41, 5.74) is 1.07. The molecule has 2 heterocycles. The second-order valence-electron chi connectivity index (χ2n) is 4.56. The summed E-state index contributed by atoms with van der Waals surface area (Å²) in [7, 11) is 1.76. The highest BCUT2D eigenvalue weighted by molar-refractivity contribution is 9.11. The molecule has 1 fully saturated rings. The molecule has 7 heteroatoms. The Morgan fingerprint density at radius 3 is 3.05 bits per heavy atom. The fourth-order valence-electron chi connectivity index (χ4n) is 1.99. The Hall–Kier alpha value is -1.08. The molecule has 3 amide bonds. The Morgan fingerprint density at radius 1 is 1.63 bits per heavy atom. The number of hydrogen-bond donors (Lipinski definition) is 2. The van der Waals surface area contributed by atoms with E-state index in [1.54, 1.807) is 23.3 Å². The summed E-state index contributed by atoms with van der Waals surface area (Å²) >= 11 is 5.03. The topological polar surface area (TPSA) is 61.4 Å². The molecule has 5 nitrogen and oxygen atoms in total. The van der Waals surface area contributed by atoms with E-state index in [1.807, 2.05) is 11.4 Å². The average molecular weight is 346 g/mol. The lowest BCUT2D eigenvalue weighted by Gasteiger charge is -2.30. The van der Waals surface area contributed by atoms with Crippen LogP contribution >= 0.6 is 27.3 Å². The minimum absolute atomic E-state index is 0.0358. The summed E-state index contributed by atoms with van der Waals surface area (Å²) < 4.78 is 1.04. The van der Waals surface area contributed by atoms with Gasteiger partial charge in [0, 0.05) is 32.6 Å². The van der Waals surface area contributed by atoms with Crippen LogP contribution in [0.25, 0.3) is 0 Å². The SMILES string of the molecule is CN1C[C@H](NC(=O)NCc2ccsc2Br)CCC1=O. The van der Waals surface area contributed by atoms with Crippen LogP contribution in [0.15, 0.2) is 15.2 Å². The van der Waals surface area contributed by atoms with E-state index in [0.717, 1.165) is 9.35 Å². The van der Waals surface area contributed by atoms with Gasteiger partial charge in [0.25, 0.3) is 0 Å². The van der Waals surface area contributed by atoms with Crippen molar-refractivity contribution < 1.29 is 9.59 Å². The number of nitrogens with zero attached hydrogens (tertiary/aromatic N) is 1. The van der Waals surface area contributed by atoms with Gasteiger partial charge in [-0.2, -0.15) is 0 Å². The zero-order valence-electron chi connectivity index (χ0n) is 10.6. The molecule has 1 aromatic heterocycles. The first-order valence-electron chi connectivity index (χ1n) is 6.06. The lowest BCUT2D eigenvalue weighted by atomic mass is 10.1. The molecule has 2 rings (SSSR count). The number of carbonyl (C=O) groups is 2. The highest BCUT2D eigenvalue weighted by atomic mass is 79.9. The number of carbonyl (C=O) groups excluding carboxylic acids is 2. The molecule has 0 unspecified atom stereocenters. The van der Waals surface area contributed by atoms with E-state index in [4.69, 9.17) is 0 Å². The molecule has 1 atom stereocenters. The highest BCUT2D eigenvalue weighted by Crippen LogP contribution is 2.22. The van der Waals surface area contributed by atoms with Crippen LogP contribution in [-0.4, -0.2) is 36.5 Å². The first kappa shape index (κ1) is 14.3. The van der Waals surface area contributed by atoms with Crippen LogP contribution in [-0.2, 0) is 11.3 Å². The average Bonchev–Trinajstić information content (AvgIpc) is 2.77. The first-order valence-corrected chi connectivity index (χ1v) is 7.73. The molecule has 1 saturated heterocycles. The third kappa shape index (κ3) is 3.94. The van der Waals surface area contributed by atoms with E-state index in [9.17, 15) is 9.59 Å². The number of urea groups is 1. The van der Waals surface area contributed by atoms with Gasteiger partial charge in [-0.05, 0) is 39.4 Å². The third-order valence-corrected chi connectivity index (χ3v) is 4.91. The molecule has 0 bridgehead atoms. The maximum atomic E-state index is 11.8. The summed E-state index contributed by atoms with van der Waals surface area (Å²) in [6, 6.07) is 1.82. The Labute approximate surface area is 124 Å². The Kier molecular flexibility index (Phi) is 4.81. The number of hydrogen-bond acceptors (Lipinski definition) is 3. The lowest BCUT2D eigenvalue weighted by molar-refractivity contribution is -0.132. The Bertz CT molecular complexity index is 477. The quantitative estimate of drug-likeness (QED) is 0.879. The van der Waals surface area contributed by atoms with Gasteiger partial charge >= 0.3 is 6.03 Å². The van der Waals surface area contributed by atoms with Crippen molar-refractivity contribution in [3.63, 3.8) is 0 Å². The van der Waals surface area contributed by atoms with Gasteiger partial charge in [-0.1, -0.05) is 0 Å². The number of likely N-dealkylation sites (N-methyl/N-ethyl adjacent to an activating group) is 1. The van der Waals surface area contributed by atoms with Crippen molar-refractivity contribution in [2.24, 2.45) is 0 Å². The number of halogens is 1. The summed E-state index contributed by atoms with van der Waals surface area (Å²) in [5, 5.41) is 7.69. The smallest absolute Gasteiger partial charge is 0.315 e. The van der Waals surface area contributed by atoms with Crippen LogP contribution in [0.3, 0.4) is 0 Å². The summed E-state index contributed by atoms with van der Waals surface area (Å²) in [6.07, 6.45) is 1.20. The van der Waals surface area contributed by atoms with Gasteiger partial charge in [-0.15, -0.1) is 11.3 Å². The van der Waals surface area contributed by atoms with Crippen molar-refractivity contribution >= 4 is 39.2 Å². The van der Waals surface area contributed by atoms with Crippen LogP contribution in [0.5, 0.6) is 0 Å². The molecule has 1 aromatic rings. The second-order valence-corrected chi connectivity index (χ2v) is 6.79. The van der Waals surface area contributed by atoms with Gasteiger partial charge in [0.2, 0.25) is 5.91 Å². The monoisotopic (exact) mass is 345 g/mol. The van der Waals surface area contributed by atoms with Crippen LogP contribution in [0, 0.1) is 0 Å². The number of amides is 3. The van der Waals surface area contributed by atoms with Crippen molar-refractivity contribution in [3.8, 4) is 0 Å². The van der Waals surface area contributed by atoms with E-state index in [0.29, 0.717) is 25.9 Å². The lowest BCUT2D eigenvalue weighted by Crippen LogP contribution is -2.50. The van der Waals surface area contributed by atoms with Gasteiger partial charge in [0.1, 0.15) is 0 Å². The van der Waals surface area contributed by atoms with Crippen molar-refractivity contribution in [1.29, 1.82) is 0 Å². The molecule has 1 aliphatic heterocycles. The highest BCUT2D eigenvalue weighted by Gasteiger charge is 2.23. The zero-order chi connectivity index (χ0) is 13.8. The third-order valence-electron chi connectivity index (χ3n) is 3.09. The van der Waals surface area contributed by atoms with Crippen LogP contribution in [0.4, 0.5) is 4.79 Å². The van der Waals surface area contributed by atoms with Gasteiger partial charge in [-0.25, -0.2) is 4.79 Å². The summed E-state index contributed by atoms with van der Waals surface area (Å²) in [6.45, 7) is 1.08. The summed E-state index contributed by atoms with van der Waals surface area (Å²) in [4.78, 5) is 24.8. The second kappa shape index (κ2) is 6.38. The van der Waals surface area contributed by atoms with E-state index in [-0.39, 0.29) is 18.0 Å². The van der Waals surface area contributed by atoms with Crippen LogP contribution in [0.1, 0.15) is 18.4 Å². The van der Waals surface area contributed by atoms with Gasteiger partial charge in [-0.3, -0.25) is 4.79 Å². The molecule has 19 heavy (non-hydrogen) atoms. The number of rotatable bonds is 3. The maximum absolute atomic E-state index is 11.8. The number of piperidine rings is 1. The molecule has 2 N–H and O–H groups in total. The van der Waals surface area contributed by atoms with E-state index >= 15 is 0 Å². The van der Waals surface area contributed by atoms with Gasteiger partial charge < -0.3 is 15.5 Å². The number of likely N-dealkylation sites (tertiary alicyclic amines) is 1. The largest absolute Gasteiger partial charge is 0.344 e. The van der Waals surface area contributed by atoms with Crippen molar-refractivity contribution in [1.82, 2.24) is 15.5 Å². The minimum atomic E-state index is -0.189. The predicted molar refractivity (Wildman–Crippen MR) is 78.0 cm³/mol. The standard InChI is InChI=1S/C12H16BrN3O2S/c1-16-7-9(2-3-10(16)17)15-12(18)14-6-8-4-5-19-11(8)13/h4-5,9H,2-3,6-7H2,1H3,(H2,14,15,18)/t9-/m1/s1. The van der Waals surface area contributed by atoms with Crippen molar-refractivity contribution in [2.45, 2.75) is 25.4 Å². The molecule has 0 radical (unpaired) electrons. The predicted octanol–water partition coefficient (Wildman–Crippen LogP) is 1.93. The Morgan fingerprint density at radius 2 is 2.42 bits per heavy atom. The van der Waals surface area contributed by atoms with Crippen molar-refractivity contribution in [3.05, 3.63) is 20.8 Å². The van der Waals surface area contributed by atoms with E-state index in [1.165, 1.54) is 0 Å². The normalized spacial score (nSPS) is 19.4. The van der Waals surface area contributed by atoms with E-state index < -0.39 is 0 Å². The van der Waals surface area contributed by atoms with Crippen LogP contribution < -0.4 is 10.6 Å². The van der Waals surface area contributed by atoms with Crippen molar-refractivity contribution in [2.75, 3.05) is 13.6 Å². The zero-order valence-corrected chi connectivity index (χ0v) is 13.0. The number of nitrogens with one attached hydrogen (secondary N) is 2. The van der Waals surface area contributed by atoms with Gasteiger partial charge in [0.15, 0.2) is 0 Å².